The van der Waals surface area contributed by atoms with Crippen LogP contribution in [-0.2, 0) is 11.3 Å². The molecule has 0 radical (unpaired) electrons. The number of fused-ring (bicyclic) bond motifs is 1. The first-order chi connectivity index (χ1) is 6.90. The van der Waals surface area contributed by atoms with Gasteiger partial charge in [-0.1, -0.05) is 24.3 Å². The van der Waals surface area contributed by atoms with Gasteiger partial charge in [-0.25, -0.2) is 0 Å². The monoisotopic (exact) mass is 187 g/mol. The summed E-state index contributed by atoms with van der Waals surface area (Å²) in [7, 11) is 0. The molecule has 1 heterocycles. The topological polar surface area (TPSA) is 22.1 Å². The van der Waals surface area contributed by atoms with Gasteiger partial charge in [0.15, 0.2) is 0 Å². The molecule has 0 aliphatic heterocycles. The smallest absolute Gasteiger partial charge is 0.0887 e. The summed E-state index contributed by atoms with van der Waals surface area (Å²) in [5.74, 6) is 0. The molecular formula is C12H13NO. The third-order valence-electron chi connectivity index (χ3n) is 2.14. The minimum atomic E-state index is 0.599. The minimum absolute atomic E-state index is 0.599. The largest absolute Gasteiger partial charge is 0.375 e. The number of hydrogen-bond acceptors (Lipinski definition) is 2. The van der Waals surface area contributed by atoms with Crippen LogP contribution in [0.4, 0.5) is 0 Å². The lowest BCUT2D eigenvalue weighted by molar-refractivity contribution is 0.131. The van der Waals surface area contributed by atoms with Gasteiger partial charge in [0.1, 0.15) is 0 Å². The molecule has 0 atom stereocenters. The van der Waals surface area contributed by atoms with Gasteiger partial charge >= 0.3 is 0 Å². The van der Waals surface area contributed by atoms with Crippen LogP contribution in [0.1, 0.15) is 12.6 Å². The van der Waals surface area contributed by atoms with Crippen molar-refractivity contribution in [2.45, 2.75) is 13.5 Å². The highest BCUT2D eigenvalue weighted by Gasteiger charge is 1.96. The van der Waals surface area contributed by atoms with Gasteiger partial charge in [-0.3, -0.25) is 4.98 Å². The molecule has 2 heteroatoms. The Morgan fingerprint density at radius 1 is 1.21 bits per heavy atom. The van der Waals surface area contributed by atoms with E-state index in [-0.39, 0.29) is 0 Å². The second-order valence-electron chi connectivity index (χ2n) is 3.16. The Kier molecular flexibility index (Phi) is 2.75. The van der Waals surface area contributed by atoms with E-state index in [1.165, 1.54) is 10.8 Å². The third-order valence-corrected chi connectivity index (χ3v) is 2.14. The van der Waals surface area contributed by atoms with Gasteiger partial charge in [0, 0.05) is 18.2 Å². The maximum absolute atomic E-state index is 5.31. The third kappa shape index (κ3) is 1.91. The summed E-state index contributed by atoms with van der Waals surface area (Å²) < 4.78 is 5.31. The number of hydrogen-bond donors (Lipinski definition) is 0. The lowest BCUT2D eigenvalue weighted by Crippen LogP contribution is -1.94. The Morgan fingerprint density at radius 2 is 2.00 bits per heavy atom. The normalized spacial score (nSPS) is 10.6. The Balaban J connectivity index is 2.32. The lowest BCUT2D eigenvalue weighted by Gasteiger charge is -2.02. The summed E-state index contributed by atoms with van der Waals surface area (Å²) >= 11 is 0. The summed E-state index contributed by atoms with van der Waals surface area (Å²) in [6, 6.07) is 10.3. The Labute approximate surface area is 83.5 Å². The molecule has 1 aromatic carbocycles. The van der Waals surface area contributed by atoms with Crippen molar-refractivity contribution in [1.82, 2.24) is 4.98 Å². The maximum atomic E-state index is 5.31. The first-order valence-electron chi connectivity index (χ1n) is 4.81. The van der Waals surface area contributed by atoms with E-state index < -0.39 is 0 Å². The number of nitrogens with zero attached hydrogens (tertiary/aromatic N) is 1. The van der Waals surface area contributed by atoms with Crippen LogP contribution in [0.3, 0.4) is 0 Å². The molecule has 0 aliphatic rings. The van der Waals surface area contributed by atoms with E-state index in [0.717, 1.165) is 12.3 Å². The average Bonchev–Trinajstić information content (AvgIpc) is 2.26. The molecule has 0 fully saturated rings. The number of ether oxygens (including phenoxy) is 1. The fourth-order valence-corrected chi connectivity index (χ4v) is 1.41. The van der Waals surface area contributed by atoms with Crippen molar-refractivity contribution in [3.05, 3.63) is 42.2 Å². The predicted molar refractivity (Wildman–Crippen MR) is 57.1 cm³/mol. The van der Waals surface area contributed by atoms with E-state index >= 15 is 0 Å². The van der Waals surface area contributed by atoms with Crippen LogP contribution in [0.5, 0.6) is 0 Å². The van der Waals surface area contributed by atoms with Crippen LogP contribution in [0.25, 0.3) is 10.8 Å². The first kappa shape index (κ1) is 9.16. The molecule has 0 saturated carbocycles. The van der Waals surface area contributed by atoms with Crippen molar-refractivity contribution in [3.63, 3.8) is 0 Å². The van der Waals surface area contributed by atoms with Crippen molar-refractivity contribution < 1.29 is 4.74 Å². The minimum Gasteiger partial charge on any atom is -0.375 e. The summed E-state index contributed by atoms with van der Waals surface area (Å²) in [6.45, 7) is 3.32. The molecule has 0 aliphatic carbocycles. The van der Waals surface area contributed by atoms with Crippen molar-refractivity contribution in [2.24, 2.45) is 0 Å². The Bertz CT molecular complexity index is 425. The number of pyridine rings is 1. The second kappa shape index (κ2) is 4.20. The average molecular weight is 187 g/mol. The van der Waals surface area contributed by atoms with E-state index in [9.17, 15) is 0 Å². The Morgan fingerprint density at radius 3 is 2.79 bits per heavy atom. The van der Waals surface area contributed by atoms with E-state index in [0.29, 0.717) is 6.61 Å². The molecular weight excluding hydrogens is 174 g/mol. The van der Waals surface area contributed by atoms with Crippen molar-refractivity contribution >= 4 is 10.8 Å². The van der Waals surface area contributed by atoms with Gasteiger partial charge < -0.3 is 4.74 Å². The molecule has 2 rings (SSSR count). The zero-order chi connectivity index (χ0) is 9.80. The van der Waals surface area contributed by atoms with Gasteiger partial charge in [-0.15, -0.1) is 0 Å². The van der Waals surface area contributed by atoms with Gasteiger partial charge in [0.2, 0.25) is 0 Å². The van der Waals surface area contributed by atoms with Crippen molar-refractivity contribution in [2.75, 3.05) is 6.61 Å². The second-order valence-corrected chi connectivity index (χ2v) is 3.16. The quantitative estimate of drug-likeness (QED) is 0.737. The highest BCUT2D eigenvalue weighted by molar-refractivity contribution is 5.81. The SMILES string of the molecule is CCOCc1cc2ccccc2cn1. The van der Waals surface area contributed by atoms with E-state index in [1.807, 2.05) is 25.3 Å². The lowest BCUT2D eigenvalue weighted by atomic mass is 10.1. The van der Waals surface area contributed by atoms with E-state index in [1.54, 1.807) is 0 Å². The van der Waals surface area contributed by atoms with E-state index in [2.05, 4.69) is 23.2 Å². The fraction of sp³-hybridized carbons (Fsp3) is 0.250. The molecule has 0 bridgehead atoms. The van der Waals surface area contributed by atoms with Gasteiger partial charge in [-0.2, -0.15) is 0 Å². The van der Waals surface area contributed by atoms with Crippen LogP contribution in [0.15, 0.2) is 36.5 Å². The zero-order valence-electron chi connectivity index (χ0n) is 8.23. The van der Waals surface area contributed by atoms with Gasteiger partial charge in [0.05, 0.1) is 12.3 Å². The van der Waals surface area contributed by atoms with Crippen LogP contribution >= 0.6 is 0 Å². The van der Waals surface area contributed by atoms with Crippen LogP contribution < -0.4 is 0 Å². The van der Waals surface area contributed by atoms with Crippen LogP contribution in [0.2, 0.25) is 0 Å². The molecule has 0 amide bonds. The number of aromatic nitrogens is 1. The summed E-state index contributed by atoms with van der Waals surface area (Å²) in [4.78, 5) is 4.32. The molecule has 0 spiro atoms. The predicted octanol–water partition coefficient (Wildman–Crippen LogP) is 2.77. The molecule has 0 unspecified atom stereocenters. The molecule has 1 aromatic heterocycles. The fourth-order valence-electron chi connectivity index (χ4n) is 1.41. The Hall–Kier alpha value is -1.41. The van der Waals surface area contributed by atoms with Crippen molar-refractivity contribution in [3.8, 4) is 0 Å². The van der Waals surface area contributed by atoms with Crippen LogP contribution in [0, 0.1) is 0 Å². The maximum Gasteiger partial charge on any atom is 0.0887 e. The summed E-state index contributed by atoms with van der Waals surface area (Å²) in [5.41, 5.74) is 0.991. The highest BCUT2D eigenvalue weighted by Crippen LogP contribution is 2.13. The summed E-state index contributed by atoms with van der Waals surface area (Å²) in [6.07, 6.45) is 1.89. The molecule has 72 valence electrons. The van der Waals surface area contributed by atoms with E-state index in [4.69, 9.17) is 4.74 Å². The first-order valence-corrected chi connectivity index (χ1v) is 4.81. The highest BCUT2D eigenvalue weighted by atomic mass is 16.5. The molecule has 14 heavy (non-hydrogen) atoms. The molecule has 2 nitrogen and oxygen atoms in total. The van der Waals surface area contributed by atoms with Crippen molar-refractivity contribution in [1.29, 1.82) is 0 Å². The molecule has 0 N–H and O–H groups in total. The summed E-state index contributed by atoms with van der Waals surface area (Å²) in [5, 5.41) is 2.39. The van der Waals surface area contributed by atoms with Gasteiger partial charge in [-0.05, 0) is 18.4 Å². The molecule has 2 aromatic rings. The zero-order valence-corrected chi connectivity index (χ0v) is 8.23. The van der Waals surface area contributed by atoms with Gasteiger partial charge in [0.25, 0.3) is 0 Å². The molecule has 0 saturated heterocycles. The standard InChI is InChI=1S/C12H13NO/c1-2-14-9-12-7-10-5-3-4-6-11(10)8-13-12/h3-8H,2,9H2,1H3. The number of rotatable bonds is 3. The van der Waals surface area contributed by atoms with Crippen LogP contribution in [-0.4, -0.2) is 11.6 Å². The number of benzene rings is 1.